The minimum absolute atomic E-state index is 0.126. The van der Waals surface area contributed by atoms with Gasteiger partial charge < -0.3 is 14.8 Å². The zero-order valence-electron chi connectivity index (χ0n) is 12.6. The lowest BCUT2D eigenvalue weighted by Gasteiger charge is -2.17. The van der Waals surface area contributed by atoms with Crippen LogP contribution in [-0.4, -0.2) is 19.2 Å². The summed E-state index contributed by atoms with van der Waals surface area (Å²) < 4.78 is 10.8. The van der Waals surface area contributed by atoms with Gasteiger partial charge in [-0.05, 0) is 61.6 Å². The molecule has 2 atom stereocenters. The highest BCUT2D eigenvalue weighted by Gasteiger charge is 2.52. The Hall–Kier alpha value is -1.71. The van der Waals surface area contributed by atoms with Crippen LogP contribution in [-0.2, 0) is 10.2 Å². The van der Waals surface area contributed by atoms with Crippen LogP contribution in [0.25, 0.3) is 0 Å². The van der Waals surface area contributed by atoms with Gasteiger partial charge in [-0.25, -0.2) is 0 Å². The van der Waals surface area contributed by atoms with Crippen molar-refractivity contribution < 1.29 is 14.3 Å². The molecular formula is C18H21NO3. The minimum Gasteiger partial charge on any atom is -0.454 e. The summed E-state index contributed by atoms with van der Waals surface area (Å²) in [4.78, 5) is 12.3. The number of ether oxygens (including phenoxy) is 2. The van der Waals surface area contributed by atoms with Crippen LogP contribution >= 0.6 is 0 Å². The van der Waals surface area contributed by atoms with Crippen LogP contribution < -0.4 is 14.8 Å². The normalized spacial score (nSPS) is 30.0. The van der Waals surface area contributed by atoms with Gasteiger partial charge in [-0.15, -0.1) is 0 Å². The number of hydrogen-bond acceptors (Lipinski definition) is 3. The molecule has 116 valence electrons. The number of rotatable bonds is 5. The average Bonchev–Trinajstić information content (AvgIpc) is 3.40. The number of benzene rings is 1. The number of hydrogen-bond donors (Lipinski definition) is 1. The molecule has 1 aromatic rings. The molecule has 22 heavy (non-hydrogen) atoms. The molecule has 1 N–H and O–H groups in total. The molecule has 0 bridgehead atoms. The second-order valence-corrected chi connectivity index (χ2v) is 7.41. The van der Waals surface area contributed by atoms with Crippen molar-refractivity contribution >= 4 is 5.91 Å². The first-order chi connectivity index (χ1) is 10.8. The molecule has 1 aromatic carbocycles. The van der Waals surface area contributed by atoms with Crippen molar-refractivity contribution in [3.63, 3.8) is 0 Å². The Bertz CT molecular complexity index is 633. The van der Waals surface area contributed by atoms with Gasteiger partial charge in [0.1, 0.15) is 0 Å². The van der Waals surface area contributed by atoms with Gasteiger partial charge in [0.2, 0.25) is 12.7 Å². The van der Waals surface area contributed by atoms with Crippen LogP contribution in [0.15, 0.2) is 18.2 Å². The fourth-order valence-corrected chi connectivity index (χ4v) is 3.89. The summed E-state index contributed by atoms with van der Waals surface area (Å²) in [5, 5.41) is 3.22. The van der Waals surface area contributed by atoms with Crippen molar-refractivity contribution in [2.45, 2.75) is 37.5 Å². The molecule has 0 spiro atoms. The SMILES string of the molecule is O=C(NCC1(c2ccc3c(c2)OCO3)CC1)[C@@H]1C[C@@H]1C1CC1. The van der Waals surface area contributed by atoms with Gasteiger partial charge in [0.15, 0.2) is 11.5 Å². The Morgan fingerprint density at radius 2 is 2.05 bits per heavy atom. The monoisotopic (exact) mass is 299 g/mol. The van der Waals surface area contributed by atoms with E-state index in [1.165, 1.54) is 18.4 Å². The van der Waals surface area contributed by atoms with E-state index in [-0.39, 0.29) is 11.3 Å². The second kappa shape index (κ2) is 4.40. The molecule has 1 heterocycles. The maximum Gasteiger partial charge on any atom is 0.231 e. The Morgan fingerprint density at radius 1 is 1.23 bits per heavy atom. The highest BCUT2D eigenvalue weighted by atomic mass is 16.7. The number of nitrogens with one attached hydrogen (secondary N) is 1. The highest BCUT2D eigenvalue weighted by Crippen LogP contribution is 2.55. The fourth-order valence-electron chi connectivity index (χ4n) is 3.89. The van der Waals surface area contributed by atoms with E-state index >= 15 is 0 Å². The summed E-state index contributed by atoms with van der Waals surface area (Å²) in [6.45, 7) is 1.08. The molecule has 0 aromatic heterocycles. The van der Waals surface area contributed by atoms with Crippen LogP contribution in [0, 0.1) is 17.8 Å². The van der Waals surface area contributed by atoms with Gasteiger partial charge in [0.05, 0.1) is 0 Å². The maximum atomic E-state index is 12.3. The van der Waals surface area contributed by atoms with Gasteiger partial charge in [-0.1, -0.05) is 6.07 Å². The summed E-state index contributed by atoms with van der Waals surface area (Å²) in [7, 11) is 0. The van der Waals surface area contributed by atoms with Crippen molar-refractivity contribution in [2.24, 2.45) is 17.8 Å². The topological polar surface area (TPSA) is 47.6 Å². The molecule has 4 heteroatoms. The minimum atomic E-state index is 0.126. The van der Waals surface area contributed by atoms with Gasteiger partial charge >= 0.3 is 0 Å². The molecule has 5 rings (SSSR count). The van der Waals surface area contributed by atoms with Gasteiger partial charge in [-0.2, -0.15) is 0 Å². The van der Waals surface area contributed by atoms with Crippen LogP contribution in [0.2, 0.25) is 0 Å². The molecule has 0 unspecified atom stereocenters. The van der Waals surface area contributed by atoms with E-state index in [4.69, 9.17) is 9.47 Å². The van der Waals surface area contributed by atoms with E-state index in [1.54, 1.807) is 0 Å². The third kappa shape index (κ3) is 2.08. The first-order valence-electron chi connectivity index (χ1n) is 8.43. The largest absolute Gasteiger partial charge is 0.454 e. The van der Waals surface area contributed by atoms with Crippen LogP contribution in [0.1, 0.15) is 37.7 Å². The van der Waals surface area contributed by atoms with Crippen molar-refractivity contribution in [3.8, 4) is 11.5 Å². The Morgan fingerprint density at radius 3 is 2.82 bits per heavy atom. The van der Waals surface area contributed by atoms with E-state index in [1.807, 2.05) is 6.07 Å². The lowest BCUT2D eigenvalue weighted by Crippen LogP contribution is -2.33. The Kier molecular flexibility index (Phi) is 2.56. The van der Waals surface area contributed by atoms with Gasteiger partial charge in [-0.3, -0.25) is 4.79 Å². The Balaban J connectivity index is 1.24. The number of amides is 1. The molecule has 3 saturated carbocycles. The predicted octanol–water partition coefficient (Wildman–Crippen LogP) is 2.61. The molecule has 4 aliphatic rings. The van der Waals surface area contributed by atoms with Crippen LogP contribution in [0.5, 0.6) is 11.5 Å². The lowest BCUT2D eigenvalue weighted by atomic mass is 9.95. The van der Waals surface area contributed by atoms with E-state index in [2.05, 4.69) is 17.4 Å². The number of fused-ring (bicyclic) bond motifs is 1. The summed E-state index contributed by atoms with van der Waals surface area (Å²) in [6.07, 6.45) is 6.09. The van der Waals surface area contributed by atoms with E-state index in [0.29, 0.717) is 18.6 Å². The first-order valence-corrected chi connectivity index (χ1v) is 8.43. The quantitative estimate of drug-likeness (QED) is 0.909. The summed E-state index contributed by atoms with van der Waals surface area (Å²) in [5.41, 5.74) is 1.40. The summed E-state index contributed by atoms with van der Waals surface area (Å²) in [6, 6.07) is 6.20. The average molecular weight is 299 g/mol. The molecule has 3 fully saturated rings. The van der Waals surface area contributed by atoms with Gasteiger partial charge in [0, 0.05) is 17.9 Å². The lowest BCUT2D eigenvalue weighted by molar-refractivity contribution is -0.122. The highest BCUT2D eigenvalue weighted by molar-refractivity contribution is 5.81. The fraction of sp³-hybridized carbons (Fsp3) is 0.611. The van der Waals surface area contributed by atoms with Crippen molar-refractivity contribution in [3.05, 3.63) is 23.8 Å². The molecule has 1 amide bonds. The smallest absolute Gasteiger partial charge is 0.231 e. The number of carbonyl (C=O) groups is 1. The van der Waals surface area contributed by atoms with E-state index < -0.39 is 0 Å². The number of carbonyl (C=O) groups excluding carboxylic acids is 1. The summed E-state index contributed by atoms with van der Waals surface area (Å²) >= 11 is 0. The molecule has 3 aliphatic carbocycles. The van der Waals surface area contributed by atoms with Crippen molar-refractivity contribution in [1.29, 1.82) is 0 Å². The zero-order valence-corrected chi connectivity index (χ0v) is 12.6. The van der Waals surface area contributed by atoms with Crippen molar-refractivity contribution in [2.75, 3.05) is 13.3 Å². The van der Waals surface area contributed by atoms with Gasteiger partial charge in [0.25, 0.3) is 0 Å². The molecule has 4 nitrogen and oxygen atoms in total. The van der Waals surface area contributed by atoms with E-state index in [0.717, 1.165) is 43.2 Å². The predicted molar refractivity (Wildman–Crippen MR) is 80.8 cm³/mol. The molecular weight excluding hydrogens is 278 g/mol. The third-order valence-corrected chi connectivity index (χ3v) is 5.84. The summed E-state index contributed by atoms with van der Waals surface area (Å²) in [5.74, 6) is 3.81. The molecule has 0 saturated heterocycles. The maximum absolute atomic E-state index is 12.3. The second-order valence-electron chi connectivity index (χ2n) is 7.41. The Labute approximate surface area is 130 Å². The standard InChI is InChI=1S/C18H21NO3/c20-17(14-8-13(14)11-1-2-11)19-9-18(5-6-18)12-3-4-15-16(7-12)22-10-21-15/h3-4,7,11,13-14H,1-2,5-6,8-10H2,(H,19,20)/t13-,14-/m1/s1. The van der Waals surface area contributed by atoms with E-state index in [9.17, 15) is 4.79 Å². The van der Waals surface area contributed by atoms with Crippen LogP contribution in [0.4, 0.5) is 0 Å². The first kappa shape index (κ1) is 12.8. The van der Waals surface area contributed by atoms with Crippen molar-refractivity contribution in [1.82, 2.24) is 5.32 Å². The molecule has 1 aliphatic heterocycles. The van der Waals surface area contributed by atoms with Crippen LogP contribution in [0.3, 0.4) is 0 Å². The zero-order chi connectivity index (χ0) is 14.7. The molecule has 0 radical (unpaired) electrons. The third-order valence-electron chi connectivity index (χ3n) is 5.84.